The Hall–Kier alpha value is -3.26. The van der Waals surface area contributed by atoms with Gasteiger partial charge in [0.1, 0.15) is 0 Å². The largest absolute Gasteiger partial charge is 0.338 e. The molecule has 8 heteroatoms. The molecule has 3 aromatic rings. The quantitative estimate of drug-likeness (QED) is 0.344. The maximum Gasteiger partial charge on any atom is 0.231 e. The first kappa shape index (κ1) is 22.0. The number of aromatic amines is 1. The normalized spacial score (nSPS) is 18.4. The van der Waals surface area contributed by atoms with Crippen LogP contribution in [0.5, 0.6) is 0 Å². The molecule has 0 radical (unpaired) electrons. The van der Waals surface area contributed by atoms with Crippen LogP contribution >= 0.6 is 0 Å². The van der Waals surface area contributed by atoms with Crippen LogP contribution in [0.3, 0.4) is 0 Å². The predicted molar refractivity (Wildman–Crippen MR) is 121 cm³/mol. The first-order valence-electron chi connectivity index (χ1n) is 11.2. The number of carbonyl (C=O) groups is 2. The van der Waals surface area contributed by atoms with E-state index in [1.165, 1.54) is 0 Å². The molecule has 1 aliphatic carbocycles. The molecule has 2 aromatic heterocycles. The zero-order valence-electron chi connectivity index (χ0n) is 18.3. The van der Waals surface area contributed by atoms with Gasteiger partial charge < -0.3 is 9.84 Å². The second kappa shape index (κ2) is 10.4. The topological polar surface area (TPSA) is 113 Å². The van der Waals surface area contributed by atoms with Gasteiger partial charge in [-0.1, -0.05) is 42.3 Å². The zero-order valence-corrected chi connectivity index (χ0v) is 18.3. The van der Waals surface area contributed by atoms with Crippen LogP contribution < -0.4 is 10.6 Å². The number of rotatable bonds is 9. The van der Waals surface area contributed by atoms with Gasteiger partial charge in [-0.05, 0) is 44.4 Å². The van der Waals surface area contributed by atoms with E-state index in [1.54, 1.807) is 12.3 Å². The Morgan fingerprint density at radius 2 is 1.97 bits per heavy atom. The molecule has 1 fully saturated rings. The number of nitrogens with zero attached hydrogens (tertiary/aromatic N) is 2. The lowest BCUT2D eigenvalue weighted by Gasteiger charge is -2.31. The number of hydrogen-bond donors (Lipinski definition) is 3. The third-order valence-corrected chi connectivity index (χ3v) is 5.98. The first-order chi connectivity index (χ1) is 15.6. The molecule has 168 valence electrons. The lowest BCUT2D eigenvalue weighted by molar-refractivity contribution is -0.121. The van der Waals surface area contributed by atoms with E-state index in [0.29, 0.717) is 24.4 Å². The number of ketones is 1. The molecule has 4 rings (SSSR count). The summed E-state index contributed by atoms with van der Waals surface area (Å²) in [5, 5.41) is 17.0. The fourth-order valence-corrected chi connectivity index (χ4v) is 4.26. The van der Waals surface area contributed by atoms with Crippen molar-refractivity contribution in [3.8, 4) is 11.3 Å². The Bertz CT molecular complexity index is 1030. The van der Waals surface area contributed by atoms with Crippen LogP contribution in [0.4, 0.5) is 5.88 Å². The van der Waals surface area contributed by atoms with E-state index in [1.807, 2.05) is 37.3 Å². The van der Waals surface area contributed by atoms with Crippen molar-refractivity contribution in [3.63, 3.8) is 0 Å². The van der Waals surface area contributed by atoms with Gasteiger partial charge in [0, 0.05) is 30.3 Å². The molecule has 3 N–H and O–H groups in total. The monoisotopic (exact) mass is 435 g/mol. The van der Waals surface area contributed by atoms with Gasteiger partial charge >= 0.3 is 0 Å². The lowest BCUT2D eigenvalue weighted by atomic mass is 9.83. The van der Waals surface area contributed by atoms with Gasteiger partial charge in [0.15, 0.2) is 5.78 Å². The van der Waals surface area contributed by atoms with E-state index in [0.717, 1.165) is 49.1 Å². The minimum atomic E-state index is -0.111. The predicted octanol–water partition coefficient (Wildman–Crippen LogP) is 4.12. The number of nitrogens with one attached hydrogen (secondary N) is 3. The first-order valence-corrected chi connectivity index (χ1v) is 11.2. The third-order valence-electron chi connectivity index (χ3n) is 5.98. The van der Waals surface area contributed by atoms with Crippen LogP contribution in [0.1, 0.15) is 54.6 Å². The second-order valence-electron chi connectivity index (χ2n) is 8.35. The van der Waals surface area contributed by atoms with Crippen molar-refractivity contribution in [3.05, 3.63) is 53.9 Å². The molecule has 0 bridgehead atoms. The van der Waals surface area contributed by atoms with Crippen molar-refractivity contribution in [1.82, 2.24) is 20.7 Å². The smallest absolute Gasteiger partial charge is 0.231 e. The minimum Gasteiger partial charge on any atom is -0.338 e. The highest BCUT2D eigenvalue weighted by molar-refractivity contribution is 5.96. The highest BCUT2D eigenvalue weighted by Gasteiger charge is 2.31. The highest BCUT2D eigenvalue weighted by atomic mass is 16.5. The SMILES string of the molecule is Cc1cc(NC(=O)C2CCCCC2NCCCC(=O)c2ccc(-c3ccn[nH]3)cc2)on1. The number of aromatic nitrogens is 3. The number of anilines is 1. The molecule has 0 spiro atoms. The maximum absolute atomic E-state index is 12.7. The van der Waals surface area contributed by atoms with Crippen LogP contribution in [0.15, 0.2) is 47.1 Å². The second-order valence-corrected chi connectivity index (χ2v) is 8.35. The summed E-state index contributed by atoms with van der Waals surface area (Å²) in [6.07, 6.45) is 6.85. The number of aryl methyl sites for hydroxylation is 1. The van der Waals surface area contributed by atoms with Crippen LogP contribution in [0, 0.1) is 12.8 Å². The van der Waals surface area contributed by atoms with Crippen molar-refractivity contribution in [2.75, 3.05) is 11.9 Å². The third kappa shape index (κ3) is 5.50. The van der Waals surface area contributed by atoms with Gasteiger partial charge in [0.25, 0.3) is 0 Å². The summed E-state index contributed by atoms with van der Waals surface area (Å²) in [7, 11) is 0. The molecule has 1 aliphatic rings. The summed E-state index contributed by atoms with van der Waals surface area (Å²) in [4.78, 5) is 25.3. The molecule has 2 atom stereocenters. The van der Waals surface area contributed by atoms with Crippen LogP contribution in [-0.2, 0) is 4.79 Å². The van der Waals surface area contributed by atoms with Gasteiger partial charge in [-0.15, -0.1) is 0 Å². The summed E-state index contributed by atoms with van der Waals surface area (Å²) < 4.78 is 5.11. The Morgan fingerprint density at radius 3 is 2.69 bits per heavy atom. The molecule has 2 unspecified atom stereocenters. The standard InChI is InChI=1S/C24H29N5O3/c1-16-15-23(32-29-16)27-24(31)19-5-2-3-6-21(19)25-13-4-7-22(30)18-10-8-17(9-11-18)20-12-14-26-28-20/h8-12,14-15,19,21,25H,2-7,13H2,1H3,(H,26,28)(H,27,31). The highest BCUT2D eigenvalue weighted by Crippen LogP contribution is 2.26. The van der Waals surface area contributed by atoms with Crippen LogP contribution in [-0.4, -0.2) is 39.6 Å². The number of carbonyl (C=O) groups excluding carboxylic acids is 2. The average Bonchev–Trinajstić information content (AvgIpc) is 3.49. The summed E-state index contributed by atoms with van der Waals surface area (Å²) in [5.74, 6) is 0.370. The Morgan fingerprint density at radius 1 is 1.16 bits per heavy atom. The molecule has 2 heterocycles. The molecular formula is C24H29N5O3. The van der Waals surface area contributed by atoms with Crippen molar-refractivity contribution in [2.24, 2.45) is 5.92 Å². The fraction of sp³-hybridized carbons (Fsp3) is 0.417. The van der Waals surface area contributed by atoms with E-state index in [9.17, 15) is 9.59 Å². The van der Waals surface area contributed by atoms with Crippen molar-refractivity contribution in [2.45, 2.75) is 51.5 Å². The molecule has 1 saturated carbocycles. The molecule has 0 saturated heterocycles. The molecule has 0 aliphatic heterocycles. The fourth-order valence-electron chi connectivity index (χ4n) is 4.26. The number of Topliss-reactive ketones (excluding diaryl/α,β-unsaturated/α-hetero) is 1. The minimum absolute atomic E-state index is 0.0354. The van der Waals surface area contributed by atoms with E-state index in [4.69, 9.17) is 4.52 Å². The average molecular weight is 436 g/mol. The number of H-pyrrole nitrogens is 1. The molecule has 32 heavy (non-hydrogen) atoms. The summed E-state index contributed by atoms with van der Waals surface area (Å²) >= 11 is 0. The molecule has 8 nitrogen and oxygen atoms in total. The van der Waals surface area contributed by atoms with Gasteiger partial charge in [-0.3, -0.25) is 20.0 Å². The maximum atomic E-state index is 12.7. The summed E-state index contributed by atoms with van der Waals surface area (Å²) in [6, 6.07) is 11.3. The van der Waals surface area contributed by atoms with Gasteiger partial charge in [0.05, 0.1) is 17.3 Å². The summed E-state index contributed by atoms with van der Waals surface area (Å²) in [5.41, 5.74) is 3.38. The van der Waals surface area contributed by atoms with Crippen LogP contribution in [0.2, 0.25) is 0 Å². The van der Waals surface area contributed by atoms with Gasteiger partial charge in [-0.2, -0.15) is 5.10 Å². The molecule has 1 aromatic carbocycles. The lowest BCUT2D eigenvalue weighted by Crippen LogP contribution is -2.44. The molecular weight excluding hydrogens is 406 g/mol. The van der Waals surface area contributed by atoms with Crippen molar-refractivity contribution in [1.29, 1.82) is 0 Å². The Balaban J connectivity index is 1.23. The number of benzene rings is 1. The number of amides is 1. The molecule has 1 amide bonds. The number of hydrogen-bond acceptors (Lipinski definition) is 6. The van der Waals surface area contributed by atoms with E-state index in [2.05, 4.69) is 26.0 Å². The van der Waals surface area contributed by atoms with Crippen molar-refractivity contribution >= 4 is 17.6 Å². The van der Waals surface area contributed by atoms with Gasteiger partial charge in [-0.25, -0.2) is 0 Å². The van der Waals surface area contributed by atoms with E-state index in [-0.39, 0.29) is 23.7 Å². The Kier molecular flexibility index (Phi) is 7.11. The van der Waals surface area contributed by atoms with Crippen LogP contribution in [0.25, 0.3) is 11.3 Å². The summed E-state index contributed by atoms with van der Waals surface area (Å²) in [6.45, 7) is 2.52. The van der Waals surface area contributed by atoms with E-state index < -0.39 is 0 Å². The zero-order chi connectivity index (χ0) is 22.3. The van der Waals surface area contributed by atoms with Crippen molar-refractivity contribution < 1.29 is 14.1 Å². The van der Waals surface area contributed by atoms with E-state index >= 15 is 0 Å². The van der Waals surface area contributed by atoms with Gasteiger partial charge in [0.2, 0.25) is 11.8 Å². The Labute approximate surface area is 187 Å².